The first-order chi connectivity index (χ1) is 13.0. The Morgan fingerprint density at radius 1 is 1.33 bits per heavy atom. The van der Waals surface area contributed by atoms with Crippen LogP contribution in [0.4, 0.5) is 9.93 Å². The molecule has 1 aliphatic rings. The number of benzene rings is 1. The molecule has 2 heterocycles. The fourth-order valence-electron chi connectivity index (χ4n) is 2.76. The molecule has 0 atom stereocenters. The number of hydrogen-bond acceptors (Lipinski definition) is 5. The lowest BCUT2D eigenvalue weighted by Gasteiger charge is -2.28. The van der Waals surface area contributed by atoms with Crippen LogP contribution in [-0.2, 0) is 17.9 Å². The summed E-state index contributed by atoms with van der Waals surface area (Å²) in [5, 5.41) is 8.91. The first-order valence-electron chi connectivity index (χ1n) is 8.73. The Morgan fingerprint density at radius 2 is 2.11 bits per heavy atom. The molecule has 2 amide bonds. The zero-order valence-corrected chi connectivity index (χ0v) is 17.3. The lowest BCUT2D eigenvalue weighted by Crippen LogP contribution is -2.34. The highest BCUT2D eigenvalue weighted by Gasteiger charge is 2.17. The number of rotatable bonds is 6. The summed E-state index contributed by atoms with van der Waals surface area (Å²) in [5.74, 6) is 0. The van der Waals surface area contributed by atoms with Gasteiger partial charge in [-0.25, -0.2) is 9.78 Å². The van der Waals surface area contributed by atoms with Gasteiger partial charge in [-0.2, -0.15) is 0 Å². The lowest BCUT2D eigenvalue weighted by atomic mass is 10.1. The molecule has 3 rings (SSSR count). The molecule has 2 aromatic rings. The smallest absolute Gasteiger partial charge is 0.321 e. The number of piperidine rings is 1. The van der Waals surface area contributed by atoms with Crippen LogP contribution in [0.5, 0.6) is 0 Å². The number of halogens is 2. The van der Waals surface area contributed by atoms with Gasteiger partial charge in [0.05, 0.1) is 28.5 Å². The van der Waals surface area contributed by atoms with E-state index in [1.54, 1.807) is 12.1 Å². The molecule has 27 heavy (non-hydrogen) atoms. The van der Waals surface area contributed by atoms with Crippen LogP contribution >= 0.6 is 34.5 Å². The van der Waals surface area contributed by atoms with Gasteiger partial charge >= 0.3 is 6.03 Å². The van der Waals surface area contributed by atoms with E-state index >= 15 is 0 Å². The Labute approximate surface area is 172 Å². The van der Waals surface area contributed by atoms with Gasteiger partial charge in [-0.15, -0.1) is 11.3 Å². The molecule has 1 aromatic carbocycles. The lowest BCUT2D eigenvalue weighted by molar-refractivity contribution is 0.000974. The van der Waals surface area contributed by atoms with Crippen LogP contribution in [0.2, 0.25) is 10.0 Å². The number of likely N-dealkylation sites (tertiary alicyclic amines) is 1. The minimum atomic E-state index is -0.321. The number of aromatic nitrogens is 1. The van der Waals surface area contributed by atoms with Gasteiger partial charge in [-0.1, -0.05) is 29.3 Å². The van der Waals surface area contributed by atoms with Gasteiger partial charge in [-0.05, 0) is 37.6 Å². The maximum absolute atomic E-state index is 12.0. The average Bonchev–Trinajstić information content (AvgIpc) is 3.09. The largest absolute Gasteiger partial charge is 0.372 e. The van der Waals surface area contributed by atoms with E-state index in [0.717, 1.165) is 37.2 Å². The SMILES string of the molecule is CN1CCC(OCc2csc(NC(=O)NCc3ccc(Cl)c(Cl)c3)n2)CC1. The third-order valence-electron chi connectivity index (χ3n) is 4.34. The molecular weight excluding hydrogens is 407 g/mol. The number of nitrogens with one attached hydrogen (secondary N) is 2. The number of thiazole rings is 1. The second kappa shape index (κ2) is 9.71. The van der Waals surface area contributed by atoms with Crippen LogP contribution in [0.25, 0.3) is 0 Å². The summed E-state index contributed by atoms with van der Waals surface area (Å²) in [6.07, 6.45) is 2.37. The van der Waals surface area contributed by atoms with Gasteiger partial charge in [0.2, 0.25) is 0 Å². The number of hydrogen-bond donors (Lipinski definition) is 2. The summed E-state index contributed by atoms with van der Waals surface area (Å²) >= 11 is 13.2. The maximum atomic E-state index is 12.0. The standard InChI is InChI=1S/C18H22Cl2N4O2S/c1-24-6-4-14(5-7-24)26-10-13-11-27-18(22-13)23-17(25)21-9-12-2-3-15(19)16(20)8-12/h2-3,8,11,14H,4-7,9-10H2,1H3,(H2,21,22,23,25). The van der Waals surface area contributed by atoms with Crippen molar-refractivity contribution in [2.24, 2.45) is 0 Å². The minimum Gasteiger partial charge on any atom is -0.372 e. The molecule has 6 nitrogen and oxygen atoms in total. The van der Waals surface area contributed by atoms with Crippen molar-refractivity contribution in [1.29, 1.82) is 0 Å². The molecular formula is C18H22Cl2N4O2S. The molecule has 0 aliphatic carbocycles. The highest BCUT2D eigenvalue weighted by Crippen LogP contribution is 2.22. The summed E-state index contributed by atoms with van der Waals surface area (Å²) in [4.78, 5) is 18.7. The van der Waals surface area contributed by atoms with Crippen molar-refractivity contribution in [3.63, 3.8) is 0 Å². The Morgan fingerprint density at radius 3 is 2.85 bits per heavy atom. The number of nitrogens with zero attached hydrogens (tertiary/aromatic N) is 2. The molecule has 0 radical (unpaired) electrons. The molecule has 146 valence electrons. The first-order valence-corrected chi connectivity index (χ1v) is 10.4. The number of urea groups is 1. The van der Waals surface area contributed by atoms with Gasteiger partial charge in [0.25, 0.3) is 0 Å². The molecule has 1 saturated heterocycles. The van der Waals surface area contributed by atoms with E-state index in [4.69, 9.17) is 27.9 Å². The Hall–Kier alpha value is -1.38. The van der Waals surface area contributed by atoms with Crippen molar-refractivity contribution in [3.8, 4) is 0 Å². The number of carbonyl (C=O) groups is 1. The average molecular weight is 429 g/mol. The van der Waals surface area contributed by atoms with Crippen molar-refractivity contribution >= 4 is 45.7 Å². The summed E-state index contributed by atoms with van der Waals surface area (Å²) in [5.41, 5.74) is 1.70. The third kappa shape index (κ3) is 6.33. The molecule has 1 aromatic heterocycles. The van der Waals surface area contributed by atoms with E-state index < -0.39 is 0 Å². The second-order valence-corrected chi connectivity index (χ2v) is 8.19. The highest BCUT2D eigenvalue weighted by atomic mass is 35.5. The molecule has 1 aliphatic heterocycles. The van der Waals surface area contributed by atoms with Gasteiger partial charge in [0.1, 0.15) is 0 Å². The van der Waals surface area contributed by atoms with Crippen LogP contribution in [0.3, 0.4) is 0 Å². The van der Waals surface area contributed by atoms with Crippen LogP contribution < -0.4 is 10.6 Å². The minimum absolute atomic E-state index is 0.286. The van der Waals surface area contributed by atoms with Gasteiger partial charge in [-0.3, -0.25) is 5.32 Å². The molecule has 0 saturated carbocycles. The second-order valence-electron chi connectivity index (χ2n) is 6.51. The maximum Gasteiger partial charge on any atom is 0.321 e. The van der Waals surface area contributed by atoms with E-state index in [1.165, 1.54) is 11.3 Å². The summed E-state index contributed by atoms with van der Waals surface area (Å²) in [6, 6.07) is 4.93. The first kappa shape index (κ1) is 20.4. The van der Waals surface area contributed by atoms with Crippen molar-refractivity contribution in [1.82, 2.24) is 15.2 Å². The van der Waals surface area contributed by atoms with Gasteiger partial charge < -0.3 is 15.0 Å². The normalized spacial score (nSPS) is 15.7. The van der Waals surface area contributed by atoms with E-state index in [1.807, 2.05) is 11.4 Å². The van der Waals surface area contributed by atoms with Crippen molar-refractivity contribution in [2.75, 3.05) is 25.5 Å². The Balaban J connectivity index is 1.41. The van der Waals surface area contributed by atoms with Crippen molar-refractivity contribution in [2.45, 2.75) is 32.1 Å². The number of ether oxygens (including phenoxy) is 1. The Bertz CT molecular complexity index is 778. The predicted molar refractivity (Wildman–Crippen MR) is 110 cm³/mol. The van der Waals surface area contributed by atoms with E-state index in [9.17, 15) is 4.79 Å². The van der Waals surface area contributed by atoms with Gasteiger partial charge in [0, 0.05) is 25.0 Å². The molecule has 9 heteroatoms. The zero-order valence-electron chi connectivity index (χ0n) is 15.0. The van der Waals surface area contributed by atoms with Crippen LogP contribution in [0.1, 0.15) is 24.1 Å². The van der Waals surface area contributed by atoms with Crippen LogP contribution in [0.15, 0.2) is 23.6 Å². The number of anilines is 1. The topological polar surface area (TPSA) is 66.5 Å². The predicted octanol–water partition coefficient (Wildman–Crippen LogP) is 4.38. The van der Waals surface area contributed by atoms with E-state index in [2.05, 4.69) is 27.6 Å². The number of carbonyl (C=O) groups excluding carboxylic acids is 1. The molecule has 2 N–H and O–H groups in total. The molecule has 0 unspecified atom stereocenters. The summed E-state index contributed by atoms with van der Waals surface area (Å²) in [7, 11) is 2.13. The summed E-state index contributed by atoms with van der Waals surface area (Å²) < 4.78 is 5.93. The van der Waals surface area contributed by atoms with Crippen LogP contribution in [0, 0.1) is 0 Å². The van der Waals surface area contributed by atoms with Crippen molar-refractivity contribution < 1.29 is 9.53 Å². The monoisotopic (exact) mass is 428 g/mol. The zero-order chi connectivity index (χ0) is 19.2. The summed E-state index contributed by atoms with van der Waals surface area (Å²) in [6.45, 7) is 2.94. The Kier molecular flexibility index (Phi) is 7.32. The molecule has 0 spiro atoms. The molecule has 1 fully saturated rings. The van der Waals surface area contributed by atoms with E-state index in [-0.39, 0.29) is 12.1 Å². The third-order valence-corrected chi connectivity index (χ3v) is 5.89. The van der Waals surface area contributed by atoms with Crippen LogP contribution in [-0.4, -0.2) is 42.2 Å². The fourth-order valence-corrected chi connectivity index (χ4v) is 3.77. The van der Waals surface area contributed by atoms with Gasteiger partial charge in [0.15, 0.2) is 5.13 Å². The van der Waals surface area contributed by atoms with Crippen molar-refractivity contribution in [3.05, 3.63) is 44.9 Å². The highest BCUT2D eigenvalue weighted by molar-refractivity contribution is 7.13. The fraction of sp³-hybridized carbons (Fsp3) is 0.444. The number of amides is 2. The van der Waals surface area contributed by atoms with E-state index in [0.29, 0.717) is 28.3 Å². The molecule has 0 bridgehead atoms. The quantitative estimate of drug-likeness (QED) is 0.715.